The minimum absolute atomic E-state index is 0. The van der Waals surface area contributed by atoms with E-state index in [2.05, 4.69) is 56.8 Å². The first-order valence-electron chi connectivity index (χ1n) is 10.4. The summed E-state index contributed by atoms with van der Waals surface area (Å²) in [5.74, 6) is 1.70. The Morgan fingerprint density at radius 3 is 2.76 bits per heavy atom. The van der Waals surface area contributed by atoms with E-state index in [4.69, 9.17) is 4.99 Å². The van der Waals surface area contributed by atoms with Gasteiger partial charge in [0, 0.05) is 30.2 Å². The lowest BCUT2D eigenvalue weighted by Crippen LogP contribution is -2.56. The second kappa shape index (κ2) is 10.4. The van der Waals surface area contributed by atoms with Crippen LogP contribution in [-0.4, -0.2) is 57.8 Å². The molecule has 2 atom stereocenters. The molecule has 7 nitrogen and oxygen atoms in total. The first-order valence-corrected chi connectivity index (χ1v) is 10.4. The summed E-state index contributed by atoms with van der Waals surface area (Å²) >= 11 is 0. The Hall–Kier alpha value is -1.68. The number of aromatic nitrogens is 3. The highest BCUT2D eigenvalue weighted by atomic mass is 127. The molecule has 158 valence electrons. The molecule has 29 heavy (non-hydrogen) atoms. The van der Waals surface area contributed by atoms with E-state index in [-0.39, 0.29) is 24.0 Å². The average Bonchev–Trinajstić information content (AvgIpc) is 3.22. The summed E-state index contributed by atoms with van der Waals surface area (Å²) < 4.78 is 0. The second-order valence-electron chi connectivity index (χ2n) is 7.95. The van der Waals surface area contributed by atoms with Gasteiger partial charge in [-0.1, -0.05) is 24.6 Å². The van der Waals surface area contributed by atoms with Crippen LogP contribution in [0.2, 0.25) is 0 Å². The van der Waals surface area contributed by atoms with Crippen LogP contribution in [0.15, 0.2) is 35.6 Å². The number of H-pyrrole nitrogens is 1. The summed E-state index contributed by atoms with van der Waals surface area (Å²) in [5.41, 5.74) is 2.19. The Kier molecular flexibility index (Phi) is 7.88. The zero-order chi connectivity index (χ0) is 19.3. The molecule has 4 rings (SSSR count). The molecule has 8 heteroatoms. The molecule has 3 N–H and O–H groups in total. The molecule has 2 bridgehead atoms. The number of rotatable bonds is 5. The highest BCUT2D eigenvalue weighted by Crippen LogP contribution is 2.32. The van der Waals surface area contributed by atoms with Crippen molar-refractivity contribution in [2.75, 3.05) is 13.6 Å². The molecule has 2 fully saturated rings. The Labute approximate surface area is 190 Å². The van der Waals surface area contributed by atoms with Crippen LogP contribution in [0.3, 0.4) is 0 Å². The Morgan fingerprint density at radius 1 is 1.28 bits per heavy atom. The standard InChI is InChI=1S/C21H31N7.HI/c1-3-22-21(26-17-11-18-8-5-9-19(12-17)28(18)2)23-13-15-6-4-7-16(10-15)20-24-14-25-27-20;/h4,6-7,10,14,17-19H,3,5,8-9,11-13H2,1-2H3,(H2,22,23,26)(H,24,25,27);1H. The van der Waals surface area contributed by atoms with Gasteiger partial charge in [-0.3, -0.25) is 5.10 Å². The maximum absolute atomic E-state index is 4.85. The lowest BCUT2D eigenvalue weighted by Gasteiger charge is -2.47. The molecule has 2 aromatic rings. The van der Waals surface area contributed by atoms with E-state index in [0.717, 1.165) is 29.5 Å². The van der Waals surface area contributed by atoms with Gasteiger partial charge in [0.05, 0.1) is 6.54 Å². The summed E-state index contributed by atoms with van der Waals surface area (Å²) in [7, 11) is 2.30. The number of piperidine rings is 2. The Balaban J connectivity index is 0.00000240. The molecule has 0 saturated carbocycles. The van der Waals surface area contributed by atoms with Gasteiger partial charge in [0.25, 0.3) is 0 Å². The molecule has 1 aromatic carbocycles. The monoisotopic (exact) mass is 509 g/mol. The molecule has 0 aliphatic carbocycles. The maximum atomic E-state index is 4.85. The van der Waals surface area contributed by atoms with Crippen molar-refractivity contribution in [2.45, 2.75) is 63.7 Å². The van der Waals surface area contributed by atoms with Gasteiger partial charge in [-0.2, -0.15) is 5.10 Å². The second-order valence-corrected chi connectivity index (χ2v) is 7.95. The molecule has 0 spiro atoms. The fourth-order valence-corrected chi connectivity index (χ4v) is 4.58. The summed E-state index contributed by atoms with van der Waals surface area (Å²) in [6, 6.07) is 10.2. The summed E-state index contributed by atoms with van der Waals surface area (Å²) in [6.45, 7) is 3.62. The van der Waals surface area contributed by atoms with E-state index in [1.165, 1.54) is 38.4 Å². The molecule has 3 heterocycles. The zero-order valence-corrected chi connectivity index (χ0v) is 19.6. The van der Waals surface area contributed by atoms with Crippen LogP contribution in [-0.2, 0) is 6.54 Å². The summed E-state index contributed by atoms with van der Waals surface area (Å²) in [6.07, 6.45) is 7.98. The van der Waals surface area contributed by atoms with E-state index in [0.29, 0.717) is 24.7 Å². The van der Waals surface area contributed by atoms with Crippen molar-refractivity contribution in [1.82, 2.24) is 30.7 Å². The minimum Gasteiger partial charge on any atom is -0.357 e. The van der Waals surface area contributed by atoms with Crippen molar-refractivity contribution in [3.05, 3.63) is 36.2 Å². The fourth-order valence-electron chi connectivity index (χ4n) is 4.58. The molecule has 2 saturated heterocycles. The third-order valence-electron chi connectivity index (χ3n) is 6.06. The van der Waals surface area contributed by atoms with Gasteiger partial charge < -0.3 is 15.5 Å². The summed E-state index contributed by atoms with van der Waals surface area (Å²) in [5, 5.41) is 14.0. The van der Waals surface area contributed by atoms with Crippen LogP contribution < -0.4 is 10.6 Å². The minimum atomic E-state index is 0. The number of aromatic amines is 1. The van der Waals surface area contributed by atoms with Crippen molar-refractivity contribution >= 4 is 29.9 Å². The molecule has 2 aliphatic heterocycles. The van der Waals surface area contributed by atoms with Gasteiger partial charge >= 0.3 is 0 Å². The SMILES string of the molecule is CCNC(=NCc1cccc(-c2ncn[nH]2)c1)NC1CC2CCCC(C1)N2C.I. The number of hydrogen-bond donors (Lipinski definition) is 3. The van der Waals surface area contributed by atoms with Crippen LogP contribution in [0.25, 0.3) is 11.4 Å². The molecule has 0 amide bonds. The van der Waals surface area contributed by atoms with Crippen LogP contribution >= 0.6 is 24.0 Å². The number of benzene rings is 1. The number of aliphatic imine (C=N–C) groups is 1. The van der Waals surface area contributed by atoms with Gasteiger partial charge in [-0.25, -0.2) is 9.98 Å². The molecule has 0 radical (unpaired) electrons. The zero-order valence-electron chi connectivity index (χ0n) is 17.3. The first-order chi connectivity index (χ1) is 13.7. The number of halogens is 1. The predicted octanol–water partition coefficient (Wildman–Crippen LogP) is 3.16. The number of nitrogens with one attached hydrogen (secondary N) is 3. The third-order valence-corrected chi connectivity index (χ3v) is 6.06. The molecular weight excluding hydrogens is 477 g/mol. The van der Waals surface area contributed by atoms with E-state index in [1.807, 2.05) is 12.1 Å². The van der Waals surface area contributed by atoms with Crippen LogP contribution in [0.1, 0.15) is 44.6 Å². The fraction of sp³-hybridized carbons (Fsp3) is 0.571. The van der Waals surface area contributed by atoms with Gasteiger partial charge in [0.2, 0.25) is 0 Å². The Morgan fingerprint density at radius 2 is 2.07 bits per heavy atom. The van der Waals surface area contributed by atoms with Crippen molar-refractivity contribution in [3.63, 3.8) is 0 Å². The number of nitrogens with zero attached hydrogens (tertiary/aromatic N) is 4. The molecule has 2 unspecified atom stereocenters. The highest BCUT2D eigenvalue weighted by molar-refractivity contribution is 14.0. The lowest BCUT2D eigenvalue weighted by molar-refractivity contribution is 0.0526. The maximum Gasteiger partial charge on any atom is 0.191 e. The summed E-state index contributed by atoms with van der Waals surface area (Å²) in [4.78, 5) is 11.7. The van der Waals surface area contributed by atoms with Gasteiger partial charge in [0.1, 0.15) is 6.33 Å². The lowest BCUT2D eigenvalue weighted by atomic mass is 9.82. The van der Waals surface area contributed by atoms with Crippen LogP contribution in [0.5, 0.6) is 0 Å². The number of fused-ring (bicyclic) bond motifs is 2. The smallest absolute Gasteiger partial charge is 0.191 e. The van der Waals surface area contributed by atoms with Crippen molar-refractivity contribution in [2.24, 2.45) is 4.99 Å². The van der Waals surface area contributed by atoms with Crippen LogP contribution in [0, 0.1) is 0 Å². The van der Waals surface area contributed by atoms with E-state index >= 15 is 0 Å². The Bertz CT molecular complexity index is 778. The molecule has 1 aromatic heterocycles. The molecular formula is C21H32IN7. The highest BCUT2D eigenvalue weighted by Gasteiger charge is 2.36. The molecule has 2 aliphatic rings. The quantitative estimate of drug-likeness (QED) is 0.328. The normalized spacial score (nSPS) is 24.6. The third kappa shape index (κ3) is 5.48. The average molecular weight is 509 g/mol. The van der Waals surface area contributed by atoms with Gasteiger partial charge in [0.15, 0.2) is 11.8 Å². The van der Waals surface area contributed by atoms with Crippen molar-refractivity contribution < 1.29 is 0 Å². The predicted molar refractivity (Wildman–Crippen MR) is 127 cm³/mol. The number of guanidine groups is 1. The van der Waals surface area contributed by atoms with Gasteiger partial charge in [-0.15, -0.1) is 24.0 Å². The largest absolute Gasteiger partial charge is 0.357 e. The van der Waals surface area contributed by atoms with Crippen LogP contribution in [0.4, 0.5) is 0 Å². The van der Waals surface area contributed by atoms with Crippen molar-refractivity contribution in [3.8, 4) is 11.4 Å². The van der Waals surface area contributed by atoms with Gasteiger partial charge in [-0.05, 0) is 51.3 Å². The first kappa shape index (κ1) is 22.0. The van der Waals surface area contributed by atoms with E-state index < -0.39 is 0 Å². The van der Waals surface area contributed by atoms with E-state index in [1.54, 1.807) is 0 Å². The van der Waals surface area contributed by atoms with Crippen molar-refractivity contribution in [1.29, 1.82) is 0 Å². The topological polar surface area (TPSA) is 81.2 Å². The van der Waals surface area contributed by atoms with E-state index in [9.17, 15) is 0 Å². The number of hydrogen-bond acceptors (Lipinski definition) is 4.